The van der Waals surface area contributed by atoms with Crippen LogP contribution in [0.1, 0.15) is 11.3 Å². The molecule has 1 heterocycles. The van der Waals surface area contributed by atoms with E-state index in [2.05, 4.69) is 18.4 Å². The molecule has 98 valence electrons. The van der Waals surface area contributed by atoms with Crippen molar-refractivity contribution in [3.8, 4) is 11.5 Å². The van der Waals surface area contributed by atoms with E-state index in [1.165, 1.54) is 11.3 Å². The monoisotopic (exact) mass is 248 g/mol. The molecule has 0 unspecified atom stereocenters. The van der Waals surface area contributed by atoms with Crippen molar-refractivity contribution >= 4 is 10.9 Å². The van der Waals surface area contributed by atoms with E-state index >= 15 is 0 Å². The molecule has 18 heavy (non-hydrogen) atoms. The Morgan fingerprint density at radius 1 is 1.17 bits per heavy atom. The fraction of sp³-hybridized carbons (Fsp3) is 0.429. The zero-order valence-corrected chi connectivity index (χ0v) is 11.4. The predicted octanol–water partition coefficient (Wildman–Crippen LogP) is 2.23. The van der Waals surface area contributed by atoms with Gasteiger partial charge in [-0.25, -0.2) is 0 Å². The van der Waals surface area contributed by atoms with Crippen molar-refractivity contribution in [2.45, 2.75) is 20.4 Å². The molecular weight excluding hydrogens is 228 g/mol. The average molecular weight is 248 g/mol. The minimum Gasteiger partial charge on any atom is -0.497 e. The van der Waals surface area contributed by atoms with Gasteiger partial charge in [-0.2, -0.15) is 0 Å². The van der Waals surface area contributed by atoms with Crippen molar-refractivity contribution in [1.82, 2.24) is 4.57 Å². The number of fused-ring (bicyclic) bond motifs is 1. The maximum Gasteiger partial charge on any atom is 0.132 e. The number of hydrogen-bond acceptors (Lipinski definition) is 3. The highest BCUT2D eigenvalue weighted by molar-refractivity contribution is 5.92. The molecule has 0 aliphatic heterocycles. The molecule has 0 fully saturated rings. The minimum atomic E-state index is 0.615. The third-order valence-corrected chi connectivity index (χ3v) is 3.48. The summed E-state index contributed by atoms with van der Waals surface area (Å²) in [5.41, 5.74) is 9.26. The van der Waals surface area contributed by atoms with Crippen molar-refractivity contribution in [2.75, 3.05) is 20.8 Å². The lowest BCUT2D eigenvalue weighted by atomic mass is 10.1. The van der Waals surface area contributed by atoms with Crippen LogP contribution in [-0.4, -0.2) is 25.3 Å². The van der Waals surface area contributed by atoms with Crippen LogP contribution in [0.25, 0.3) is 10.9 Å². The first-order chi connectivity index (χ1) is 8.63. The number of methoxy groups -OCH3 is 2. The maximum absolute atomic E-state index is 5.69. The largest absolute Gasteiger partial charge is 0.497 e. The molecule has 1 aromatic heterocycles. The summed E-state index contributed by atoms with van der Waals surface area (Å²) < 4.78 is 13.0. The van der Waals surface area contributed by atoms with E-state index < -0.39 is 0 Å². The molecule has 4 nitrogen and oxygen atoms in total. The lowest BCUT2D eigenvalue weighted by molar-refractivity contribution is 0.397. The first kappa shape index (κ1) is 12.8. The van der Waals surface area contributed by atoms with E-state index in [4.69, 9.17) is 15.2 Å². The Hall–Kier alpha value is -1.68. The van der Waals surface area contributed by atoms with Gasteiger partial charge in [0, 0.05) is 36.3 Å². The normalized spacial score (nSPS) is 10.9. The van der Waals surface area contributed by atoms with Gasteiger partial charge >= 0.3 is 0 Å². The van der Waals surface area contributed by atoms with Gasteiger partial charge in [0.15, 0.2) is 0 Å². The third-order valence-electron chi connectivity index (χ3n) is 3.48. The lowest BCUT2D eigenvalue weighted by Gasteiger charge is -2.09. The van der Waals surface area contributed by atoms with E-state index in [0.29, 0.717) is 6.54 Å². The van der Waals surface area contributed by atoms with Crippen LogP contribution in [0.15, 0.2) is 12.1 Å². The summed E-state index contributed by atoms with van der Waals surface area (Å²) in [7, 11) is 3.35. The summed E-state index contributed by atoms with van der Waals surface area (Å²) in [5, 5.41) is 1.14. The Morgan fingerprint density at radius 2 is 1.89 bits per heavy atom. The van der Waals surface area contributed by atoms with Crippen LogP contribution in [0.5, 0.6) is 11.5 Å². The fourth-order valence-corrected chi connectivity index (χ4v) is 2.43. The van der Waals surface area contributed by atoms with Gasteiger partial charge < -0.3 is 19.8 Å². The molecule has 0 aliphatic carbocycles. The highest BCUT2D eigenvalue weighted by atomic mass is 16.5. The smallest absolute Gasteiger partial charge is 0.132 e. The fourth-order valence-electron chi connectivity index (χ4n) is 2.43. The lowest BCUT2D eigenvalue weighted by Crippen LogP contribution is -2.10. The van der Waals surface area contributed by atoms with Crippen molar-refractivity contribution in [2.24, 2.45) is 5.73 Å². The molecule has 0 bridgehead atoms. The zero-order valence-electron chi connectivity index (χ0n) is 11.4. The Labute approximate surface area is 107 Å². The standard InChI is InChI=1S/C14H20N2O2/c1-9-10(2)16(6-5-15)12-7-11(17-3)8-13(18-4)14(9)12/h7-8H,5-6,15H2,1-4H3. The SMILES string of the molecule is COc1cc(OC)c2c(C)c(C)n(CCN)c2c1. The van der Waals surface area contributed by atoms with Crippen LogP contribution in [-0.2, 0) is 6.54 Å². The minimum absolute atomic E-state index is 0.615. The summed E-state index contributed by atoms with van der Waals surface area (Å²) in [6.45, 7) is 5.63. The highest BCUT2D eigenvalue weighted by Gasteiger charge is 2.16. The van der Waals surface area contributed by atoms with Crippen molar-refractivity contribution in [3.05, 3.63) is 23.4 Å². The van der Waals surface area contributed by atoms with Crippen LogP contribution < -0.4 is 15.2 Å². The number of benzene rings is 1. The predicted molar refractivity (Wildman–Crippen MR) is 73.6 cm³/mol. The van der Waals surface area contributed by atoms with Gasteiger partial charge in [0.25, 0.3) is 0 Å². The number of ether oxygens (including phenoxy) is 2. The highest BCUT2D eigenvalue weighted by Crippen LogP contribution is 2.36. The molecule has 0 radical (unpaired) electrons. The molecule has 2 rings (SSSR count). The Morgan fingerprint density at radius 3 is 2.44 bits per heavy atom. The van der Waals surface area contributed by atoms with E-state index in [0.717, 1.165) is 28.9 Å². The summed E-state index contributed by atoms with van der Waals surface area (Å²) in [6, 6.07) is 3.95. The average Bonchev–Trinajstić information content (AvgIpc) is 2.63. The first-order valence-corrected chi connectivity index (χ1v) is 6.05. The number of nitrogens with zero attached hydrogens (tertiary/aromatic N) is 1. The van der Waals surface area contributed by atoms with Gasteiger partial charge in [-0.15, -0.1) is 0 Å². The van der Waals surface area contributed by atoms with E-state index in [1.54, 1.807) is 14.2 Å². The van der Waals surface area contributed by atoms with Gasteiger partial charge in [0.2, 0.25) is 0 Å². The number of aryl methyl sites for hydroxylation is 1. The van der Waals surface area contributed by atoms with Crippen LogP contribution in [0.4, 0.5) is 0 Å². The molecule has 1 aromatic carbocycles. The van der Waals surface area contributed by atoms with Gasteiger partial charge in [-0.3, -0.25) is 0 Å². The number of rotatable bonds is 4. The van der Waals surface area contributed by atoms with Gasteiger partial charge in [-0.05, 0) is 19.4 Å². The summed E-state index contributed by atoms with van der Waals surface area (Å²) in [6.07, 6.45) is 0. The van der Waals surface area contributed by atoms with Crippen molar-refractivity contribution in [1.29, 1.82) is 0 Å². The molecule has 0 saturated heterocycles. The van der Waals surface area contributed by atoms with Crippen LogP contribution in [0, 0.1) is 13.8 Å². The van der Waals surface area contributed by atoms with E-state index in [-0.39, 0.29) is 0 Å². The second-order valence-electron chi connectivity index (χ2n) is 4.37. The van der Waals surface area contributed by atoms with Gasteiger partial charge in [0.05, 0.1) is 19.7 Å². The van der Waals surface area contributed by atoms with Gasteiger partial charge in [-0.1, -0.05) is 0 Å². The molecule has 0 amide bonds. The third kappa shape index (κ3) is 1.82. The van der Waals surface area contributed by atoms with Gasteiger partial charge in [0.1, 0.15) is 11.5 Å². The molecule has 0 aliphatic rings. The Bertz CT molecular complexity index is 573. The molecule has 2 aromatic rings. The van der Waals surface area contributed by atoms with Crippen molar-refractivity contribution in [3.63, 3.8) is 0 Å². The molecule has 4 heteroatoms. The quantitative estimate of drug-likeness (QED) is 0.902. The molecule has 2 N–H and O–H groups in total. The zero-order chi connectivity index (χ0) is 13.3. The molecule has 0 atom stereocenters. The van der Waals surface area contributed by atoms with Crippen LogP contribution >= 0.6 is 0 Å². The second-order valence-corrected chi connectivity index (χ2v) is 4.37. The van der Waals surface area contributed by atoms with Crippen LogP contribution in [0.2, 0.25) is 0 Å². The van der Waals surface area contributed by atoms with Crippen molar-refractivity contribution < 1.29 is 9.47 Å². The number of hydrogen-bond donors (Lipinski definition) is 1. The Balaban J connectivity index is 2.81. The summed E-state index contributed by atoms with van der Waals surface area (Å²) in [4.78, 5) is 0. The molecule has 0 spiro atoms. The molecule has 0 saturated carbocycles. The second kappa shape index (κ2) is 4.90. The number of aromatic nitrogens is 1. The number of nitrogens with two attached hydrogens (primary N) is 1. The van der Waals surface area contributed by atoms with E-state index in [1.807, 2.05) is 12.1 Å². The summed E-state index contributed by atoms with van der Waals surface area (Å²) >= 11 is 0. The topological polar surface area (TPSA) is 49.4 Å². The van der Waals surface area contributed by atoms with Crippen LogP contribution in [0.3, 0.4) is 0 Å². The Kier molecular flexibility index (Phi) is 3.48. The first-order valence-electron chi connectivity index (χ1n) is 6.05. The maximum atomic E-state index is 5.69. The van der Waals surface area contributed by atoms with E-state index in [9.17, 15) is 0 Å². The summed E-state index contributed by atoms with van der Waals surface area (Å²) in [5.74, 6) is 1.65. The molecular formula is C14H20N2O2.